The van der Waals surface area contributed by atoms with Crippen molar-refractivity contribution in [2.75, 3.05) is 36.4 Å². The maximum Gasteiger partial charge on any atom is 0.264 e. The van der Waals surface area contributed by atoms with E-state index in [9.17, 15) is 21.6 Å². The lowest BCUT2D eigenvalue weighted by molar-refractivity contribution is -0.114. The molecule has 3 aromatic carbocycles. The molecule has 202 valence electrons. The number of methoxy groups -OCH3 is 1. The van der Waals surface area contributed by atoms with Gasteiger partial charge in [0.15, 0.2) is 0 Å². The van der Waals surface area contributed by atoms with Gasteiger partial charge >= 0.3 is 0 Å². The van der Waals surface area contributed by atoms with Crippen LogP contribution in [0.2, 0.25) is 5.02 Å². The topological polar surface area (TPSA) is 113 Å². The number of nitrogens with one attached hydrogen (secondary N) is 1. The Labute approximate surface area is 228 Å². The first-order chi connectivity index (χ1) is 18.1. The Morgan fingerprint density at radius 2 is 1.55 bits per heavy atom. The summed E-state index contributed by atoms with van der Waals surface area (Å²) in [6.45, 7) is 0.439. The number of hydrogen-bond donors (Lipinski definition) is 1. The van der Waals surface area contributed by atoms with E-state index >= 15 is 0 Å². The summed E-state index contributed by atoms with van der Waals surface area (Å²) in [5, 5.41) is 2.96. The van der Waals surface area contributed by atoms with Gasteiger partial charge in [-0.25, -0.2) is 16.8 Å². The molecule has 9 nitrogen and oxygen atoms in total. The fraction of sp³-hybridized carbons (Fsp3) is 0.269. The number of carbonyl (C=O) groups is 1. The lowest BCUT2D eigenvalue weighted by atomic mass is 10.2. The van der Waals surface area contributed by atoms with Crippen LogP contribution in [-0.4, -0.2) is 53.8 Å². The monoisotopic (exact) mass is 577 g/mol. The van der Waals surface area contributed by atoms with Gasteiger partial charge in [-0.3, -0.25) is 9.10 Å². The standard InChI is InChI=1S/C26H28ClN3O6S2/c1-36-23-10-14-25(15-11-23)38(34,35)30(22-7-5-6-20(27)18-22)19-26(31)28-21-8-12-24(13-9-21)37(32,33)29-16-3-2-4-17-29/h5-15,18H,2-4,16-17,19H2,1H3,(H,28,31). The van der Waals surface area contributed by atoms with E-state index < -0.39 is 32.5 Å². The second kappa shape index (κ2) is 11.7. The van der Waals surface area contributed by atoms with E-state index in [1.807, 2.05) is 0 Å². The number of sulfonamides is 2. The quantitative estimate of drug-likeness (QED) is 0.404. The van der Waals surface area contributed by atoms with E-state index in [1.165, 1.54) is 66.0 Å². The van der Waals surface area contributed by atoms with Crippen LogP contribution in [-0.2, 0) is 24.8 Å². The molecule has 0 unspecified atom stereocenters. The first-order valence-corrected chi connectivity index (χ1v) is 15.2. The molecule has 1 amide bonds. The predicted molar refractivity (Wildman–Crippen MR) is 147 cm³/mol. The molecule has 0 bridgehead atoms. The number of hydrogen-bond acceptors (Lipinski definition) is 6. The zero-order chi connectivity index (χ0) is 27.3. The Hall–Kier alpha value is -3.12. The Morgan fingerprint density at radius 1 is 0.921 bits per heavy atom. The highest BCUT2D eigenvalue weighted by Crippen LogP contribution is 2.28. The van der Waals surface area contributed by atoms with Crippen LogP contribution in [0.3, 0.4) is 0 Å². The molecule has 1 N–H and O–H groups in total. The summed E-state index contributed by atoms with van der Waals surface area (Å²) in [5.41, 5.74) is 0.548. The molecular formula is C26H28ClN3O6S2. The molecule has 0 aromatic heterocycles. The SMILES string of the molecule is COc1ccc(S(=O)(=O)N(CC(=O)Nc2ccc(S(=O)(=O)N3CCCCC3)cc2)c2cccc(Cl)c2)cc1. The van der Waals surface area contributed by atoms with Crippen LogP contribution in [0.4, 0.5) is 11.4 Å². The first-order valence-electron chi connectivity index (χ1n) is 11.9. The third-order valence-electron chi connectivity index (χ3n) is 6.12. The molecule has 38 heavy (non-hydrogen) atoms. The maximum absolute atomic E-state index is 13.5. The van der Waals surface area contributed by atoms with E-state index in [-0.39, 0.29) is 15.5 Å². The van der Waals surface area contributed by atoms with Gasteiger partial charge < -0.3 is 10.1 Å². The Morgan fingerprint density at radius 3 is 2.16 bits per heavy atom. The van der Waals surface area contributed by atoms with Crippen LogP contribution >= 0.6 is 11.6 Å². The van der Waals surface area contributed by atoms with Crippen molar-refractivity contribution >= 4 is 48.9 Å². The van der Waals surface area contributed by atoms with Crippen molar-refractivity contribution in [3.05, 3.63) is 77.8 Å². The van der Waals surface area contributed by atoms with Crippen molar-refractivity contribution in [3.8, 4) is 5.75 Å². The molecule has 1 aliphatic rings. The summed E-state index contributed by atoms with van der Waals surface area (Å²) in [6, 6.07) is 17.8. The number of carbonyl (C=O) groups excluding carboxylic acids is 1. The predicted octanol–water partition coefficient (Wildman–Crippen LogP) is 4.36. The number of halogens is 1. The largest absolute Gasteiger partial charge is 0.497 e. The summed E-state index contributed by atoms with van der Waals surface area (Å²) in [4.78, 5) is 13.1. The molecule has 1 aliphatic heterocycles. The number of anilines is 2. The zero-order valence-corrected chi connectivity index (χ0v) is 23.1. The smallest absolute Gasteiger partial charge is 0.264 e. The van der Waals surface area contributed by atoms with E-state index in [1.54, 1.807) is 18.2 Å². The van der Waals surface area contributed by atoms with E-state index in [0.29, 0.717) is 29.5 Å². The highest BCUT2D eigenvalue weighted by atomic mass is 35.5. The van der Waals surface area contributed by atoms with Crippen molar-refractivity contribution < 1.29 is 26.4 Å². The molecule has 0 spiro atoms. The van der Waals surface area contributed by atoms with Crippen molar-refractivity contribution in [2.45, 2.75) is 29.1 Å². The summed E-state index contributed by atoms with van der Waals surface area (Å²) in [6.07, 6.45) is 2.67. The molecule has 1 saturated heterocycles. The summed E-state index contributed by atoms with van der Waals surface area (Å²) >= 11 is 6.11. The molecule has 0 aliphatic carbocycles. The van der Waals surface area contributed by atoms with E-state index in [2.05, 4.69) is 5.32 Å². The highest BCUT2D eigenvalue weighted by molar-refractivity contribution is 7.92. The van der Waals surface area contributed by atoms with Crippen molar-refractivity contribution in [2.24, 2.45) is 0 Å². The van der Waals surface area contributed by atoms with Gasteiger partial charge in [-0.05, 0) is 79.6 Å². The summed E-state index contributed by atoms with van der Waals surface area (Å²) in [7, 11) is -6.28. The fourth-order valence-electron chi connectivity index (χ4n) is 4.12. The maximum atomic E-state index is 13.5. The summed E-state index contributed by atoms with van der Waals surface area (Å²) in [5.74, 6) is -0.129. The lowest BCUT2D eigenvalue weighted by Gasteiger charge is -2.26. The number of rotatable bonds is 9. The number of ether oxygens (including phenoxy) is 1. The van der Waals surface area contributed by atoms with Crippen LogP contribution in [0.15, 0.2) is 82.6 Å². The van der Waals surface area contributed by atoms with Gasteiger partial charge in [0.2, 0.25) is 15.9 Å². The minimum absolute atomic E-state index is 0.0293. The molecule has 1 fully saturated rings. The van der Waals surface area contributed by atoms with E-state index in [4.69, 9.17) is 16.3 Å². The van der Waals surface area contributed by atoms with Gasteiger partial charge in [0.05, 0.1) is 22.6 Å². The minimum atomic E-state index is -4.15. The van der Waals surface area contributed by atoms with Gasteiger partial charge in [0.25, 0.3) is 10.0 Å². The highest BCUT2D eigenvalue weighted by Gasteiger charge is 2.28. The van der Waals surface area contributed by atoms with Gasteiger partial charge in [0, 0.05) is 23.8 Å². The van der Waals surface area contributed by atoms with Gasteiger partial charge in [0.1, 0.15) is 12.3 Å². The van der Waals surface area contributed by atoms with Gasteiger partial charge in [-0.2, -0.15) is 4.31 Å². The third kappa shape index (κ3) is 6.29. The van der Waals surface area contributed by atoms with Crippen molar-refractivity contribution in [1.82, 2.24) is 4.31 Å². The Balaban J connectivity index is 1.54. The zero-order valence-electron chi connectivity index (χ0n) is 20.7. The molecule has 0 atom stereocenters. The second-order valence-electron chi connectivity index (χ2n) is 8.70. The van der Waals surface area contributed by atoms with Crippen LogP contribution in [0, 0.1) is 0 Å². The molecule has 12 heteroatoms. The second-order valence-corrected chi connectivity index (χ2v) is 12.9. The number of nitrogens with zero attached hydrogens (tertiary/aromatic N) is 2. The van der Waals surface area contributed by atoms with Crippen LogP contribution in [0.5, 0.6) is 5.75 Å². The molecule has 3 aromatic rings. The van der Waals surface area contributed by atoms with E-state index in [0.717, 1.165) is 23.6 Å². The van der Waals surface area contributed by atoms with Crippen LogP contribution in [0.1, 0.15) is 19.3 Å². The van der Waals surface area contributed by atoms with Crippen LogP contribution < -0.4 is 14.4 Å². The molecule has 0 radical (unpaired) electrons. The Bertz CT molecular complexity index is 1490. The molecule has 1 heterocycles. The third-order valence-corrected chi connectivity index (χ3v) is 10.1. The average molecular weight is 578 g/mol. The Kier molecular flexibility index (Phi) is 8.61. The number of benzene rings is 3. The fourth-order valence-corrected chi connectivity index (χ4v) is 7.23. The average Bonchev–Trinajstić information content (AvgIpc) is 2.92. The molecule has 4 rings (SSSR count). The van der Waals surface area contributed by atoms with Gasteiger partial charge in [-0.15, -0.1) is 0 Å². The minimum Gasteiger partial charge on any atom is -0.497 e. The first kappa shape index (κ1) is 27.9. The summed E-state index contributed by atoms with van der Waals surface area (Å²) < 4.78 is 60.4. The number of piperidine rings is 1. The number of amides is 1. The van der Waals surface area contributed by atoms with Gasteiger partial charge in [-0.1, -0.05) is 24.1 Å². The van der Waals surface area contributed by atoms with Crippen molar-refractivity contribution in [1.29, 1.82) is 0 Å². The van der Waals surface area contributed by atoms with Crippen molar-refractivity contribution in [3.63, 3.8) is 0 Å². The molecule has 0 saturated carbocycles. The normalized spacial score (nSPS) is 14.6. The molecular weight excluding hydrogens is 550 g/mol. The lowest BCUT2D eigenvalue weighted by Crippen LogP contribution is -2.38. The van der Waals surface area contributed by atoms with Crippen LogP contribution in [0.25, 0.3) is 0 Å².